The number of carbonyl (C=O) groups excluding carboxylic acids is 1. The van der Waals surface area contributed by atoms with Gasteiger partial charge >= 0.3 is 0 Å². The lowest BCUT2D eigenvalue weighted by Gasteiger charge is -2.27. The lowest BCUT2D eigenvalue weighted by atomic mass is 9.91. The molecule has 1 saturated heterocycles. The van der Waals surface area contributed by atoms with Crippen LogP contribution in [0, 0.1) is 28.6 Å². The molecule has 0 radical (unpaired) electrons. The predicted molar refractivity (Wildman–Crippen MR) is 74.3 cm³/mol. The van der Waals surface area contributed by atoms with Gasteiger partial charge in [-0.1, -0.05) is 13.8 Å². The van der Waals surface area contributed by atoms with Crippen molar-refractivity contribution in [2.45, 2.75) is 39.5 Å². The molecule has 0 aromatic carbocycles. The third-order valence-corrected chi connectivity index (χ3v) is 4.48. The van der Waals surface area contributed by atoms with Crippen molar-refractivity contribution in [1.82, 2.24) is 10.2 Å². The van der Waals surface area contributed by atoms with Crippen LogP contribution in [0.3, 0.4) is 0 Å². The van der Waals surface area contributed by atoms with Crippen LogP contribution in [-0.4, -0.2) is 37.0 Å². The van der Waals surface area contributed by atoms with Gasteiger partial charge in [0.1, 0.15) is 0 Å². The van der Waals surface area contributed by atoms with Gasteiger partial charge in [-0.3, -0.25) is 4.79 Å². The molecule has 19 heavy (non-hydrogen) atoms. The highest BCUT2D eigenvalue weighted by molar-refractivity contribution is 5.82. The first-order valence-electron chi connectivity index (χ1n) is 7.45. The smallest absolute Gasteiger partial charge is 0.226 e. The van der Waals surface area contributed by atoms with E-state index in [1.54, 1.807) is 0 Å². The van der Waals surface area contributed by atoms with E-state index in [1.807, 2.05) is 4.90 Å². The standard InChI is InChI=1S/C15H25N3O/c1-12(2)11-18(9-3-6-16)14(19)13-10-15(13)4-7-17-8-5-15/h12-13,17H,3-5,7-11H2,1-2H3. The lowest BCUT2D eigenvalue weighted by molar-refractivity contribution is -0.134. The second-order valence-corrected chi connectivity index (χ2v) is 6.46. The summed E-state index contributed by atoms with van der Waals surface area (Å²) in [7, 11) is 0. The molecule has 1 spiro atoms. The maximum atomic E-state index is 12.6. The normalized spacial score (nSPS) is 24.2. The molecule has 4 heteroatoms. The van der Waals surface area contributed by atoms with Crippen LogP contribution in [0.5, 0.6) is 0 Å². The van der Waals surface area contributed by atoms with E-state index in [0.717, 1.165) is 38.9 Å². The first-order chi connectivity index (χ1) is 9.09. The zero-order valence-corrected chi connectivity index (χ0v) is 12.1. The van der Waals surface area contributed by atoms with Crippen LogP contribution in [0.1, 0.15) is 39.5 Å². The second kappa shape index (κ2) is 5.92. The molecule has 2 rings (SSSR count). The number of amides is 1. The van der Waals surface area contributed by atoms with Crippen LogP contribution in [0.15, 0.2) is 0 Å². The van der Waals surface area contributed by atoms with Gasteiger partial charge in [0.15, 0.2) is 0 Å². The molecular weight excluding hydrogens is 238 g/mol. The molecule has 1 amide bonds. The number of nitriles is 1. The SMILES string of the molecule is CC(C)CN(CCC#N)C(=O)C1CC12CCNCC2. The van der Waals surface area contributed by atoms with E-state index in [0.29, 0.717) is 30.2 Å². The molecule has 2 fully saturated rings. The molecule has 0 aromatic rings. The Morgan fingerprint density at radius 3 is 2.74 bits per heavy atom. The molecule has 4 nitrogen and oxygen atoms in total. The largest absolute Gasteiger partial charge is 0.341 e. The number of nitrogens with zero attached hydrogens (tertiary/aromatic N) is 2. The van der Waals surface area contributed by atoms with E-state index in [2.05, 4.69) is 25.2 Å². The Bertz CT molecular complexity index is 366. The minimum atomic E-state index is 0.229. The van der Waals surface area contributed by atoms with Gasteiger partial charge in [-0.05, 0) is 43.7 Å². The predicted octanol–water partition coefficient (Wildman–Crippen LogP) is 1.77. The summed E-state index contributed by atoms with van der Waals surface area (Å²) in [6.45, 7) is 7.72. The monoisotopic (exact) mass is 263 g/mol. The molecule has 1 unspecified atom stereocenters. The van der Waals surface area contributed by atoms with E-state index in [-0.39, 0.29) is 5.92 Å². The highest BCUT2D eigenvalue weighted by Gasteiger charge is 2.58. The first kappa shape index (κ1) is 14.3. The number of hydrogen-bond acceptors (Lipinski definition) is 3. The van der Waals surface area contributed by atoms with E-state index < -0.39 is 0 Å². The molecule has 2 aliphatic rings. The Balaban J connectivity index is 1.94. The fourth-order valence-electron chi connectivity index (χ4n) is 3.31. The van der Waals surface area contributed by atoms with Gasteiger partial charge in [0.25, 0.3) is 0 Å². The average molecular weight is 263 g/mol. The van der Waals surface area contributed by atoms with Crippen LogP contribution >= 0.6 is 0 Å². The number of piperidine rings is 1. The maximum absolute atomic E-state index is 12.6. The summed E-state index contributed by atoms with van der Waals surface area (Å²) in [4.78, 5) is 14.5. The van der Waals surface area contributed by atoms with Crippen molar-refractivity contribution in [2.24, 2.45) is 17.3 Å². The highest BCUT2D eigenvalue weighted by atomic mass is 16.2. The summed E-state index contributed by atoms with van der Waals surface area (Å²) in [6.07, 6.45) is 3.78. The van der Waals surface area contributed by atoms with Gasteiger partial charge in [-0.15, -0.1) is 0 Å². The zero-order valence-electron chi connectivity index (χ0n) is 12.1. The van der Waals surface area contributed by atoms with Crippen LogP contribution < -0.4 is 5.32 Å². The summed E-state index contributed by atoms with van der Waals surface area (Å²) in [5, 5.41) is 12.1. The van der Waals surface area contributed by atoms with Gasteiger partial charge < -0.3 is 10.2 Å². The molecule has 0 bridgehead atoms. The zero-order chi connectivity index (χ0) is 13.9. The molecule has 1 heterocycles. The Kier molecular flexibility index (Phi) is 4.46. The minimum absolute atomic E-state index is 0.229. The van der Waals surface area contributed by atoms with Crippen molar-refractivity contribution in [2.75, 3.05) is 26.2 Å². The number of nitrogens with one attached hydrogen (secondary N) is 1. The number of carbonyl (C=O) groups is 1. The minimum Gasteiger partial charge on any atom is -0.341 e. The van der Waals surface area contributed by atoms with E-state index >= 15 is 0 Å². The molecule has 0 aromatic heterocycles. The number of rotatable bonds is 5. The third-order valence-electron chi connectivity index (χ3n) is 4.48. The molecule has 1 atom stereocenters. The van der Waals surface area contributed by atoms with Crippen LogP contribution in [-0.2, 0) is 4.79 Å². The van der Waals surface area contributed by atoms with Crippen molar-refractivity contribution in [1.29, 1.82) is 5.26 Å². The summed E-state index contributed by atoms with van der Waals surface area (Å²) >= 11 is 0. The summed E-state index contributed by atoms with van der Waals surface area (Å²) in [5.74, 6) is 0.989. The van der Waals surface area contributed by atoms with Crippen molar-refractivity contribution >= 4 is 5.91 Å². The van der Waals surface area contributed by atoms with Crippen molar-refractivity contribution in [3.63, 3.8) is 0 Å². The van der Waals surface area contributed by atoms with Crippen molar-refractivity contribution in [3.8, 4) is 6.07 Å². The lowest BCUT2D eigenvalue weighted by Crippen LogP contribution is -2.38. The summed E-state index contributed by atoms with van der Waals surface area (Å²) in [6, 6.07) is 2.15. The van der Waals surface area contributed by atoms with Crippen LogP contribution in [0.25, 0.3) is 0 Å². The topological polar surface area (TPSA) is 56.1 Å². The van der Waals surface area contributed by atoms with Crippen LogP contribution in [0.2, 0.25) is 0 Å². The van der Waals surface area contributed by atoms with Gasteiger partial charge in [0, 0.05) is 19.0 Å². The van der Waals surface area contributed by atoms with Gasteiger partial charge in [-0.2, -0.15) is 5.26 Å². The van der Waals surface area contributed by atoms with E-state index in [4.69, 9.17) is 5.26 Å². The highest BCUT2D eigenvalue weighted by Crippen LogP contribution is 2.59. The van der Waals surface area contributed by atoms with E-state index in [9.17, 15) is 4.79 Å². The molecule has 1 aliphatic heterocycles. The second-order valence-electron chi connectivity index (χ2n) is 6.46. The fourth-order valence-corrected chi connectivity index (χ4v) is 3.31. The Labute approximate surface area is 116 Å². The summed E-state index contributed by atoms with van der Waals surface area (Å²) < 4.78 is 0. The third kappa shape index (κ3) is 3.27. The molecule has 106 valence electrons. The van der Waals surface area contributed by atoms with Gasteiger partial charge in [0.2, 0.25) is 5.91 Å². The van der Waals surface area contributed by atoms with Crippen molar-refractivity contribution < 1.29 is 4.79 Å². The van der Waals surface area contributed by atoms with E-state index in [1.165, 1.54) is 0 Å². The molecular formula is C15H25N3O. The van der Waals surface area contributed by atoms with Crippen molar-refractivity contribution in [3.05, 3.63) is 0 Å². The van der Waals surface area contributed by atoms with Gasteiger partial charge in [-0.25, -0.2) is 0 Å². The Morgan fingerprint density at radius 1 is 1.47 bits per heavy atom. The average Bonchev–Trinajstić information content (AvgIpc) is 3.07. The fraction of sp³-hybridized carbons (Fsp3) is 0.867. The maximum Gasteiger partial charge on any atom is 0.226 e. The first-order valence-corrected chi connectivity index (χ1v) is 7.45. The Hall–Kier alpha value is -1.08. The Morgan fingerprint density at radius 2 is 2.16 bits per heavy atom. The molecule has 1 saturated carbocycles. The summed E-state index contributed by atoms with van der Waals surface area (Å²) in [5.41, 5.74) is 0.296. The van der Waals surface area contributed by atoms with Gasteiger partial charge in [0.05, 0.1) is 12.5 Å². The van der Waals surface area contributed by atoms with Crippen LogP contribution in [0.4, 0.5) is 0 Å². The molecule has 1 N–H and O–H groups in total. The molecule has 1 aliphatic carbocycles. The quantitative estimate of drug-likeness (QED) is 0.822. The number of hydrogen-bond donors (Lipinski definition) is 1.